The molecule has 1 atom stereocenters. The molecule has 4 aromatic rings. The molecule has 0 aliphatic carbocycles. The van der Waals surface area contributed by atoms with Crippen LogP contribution in [0.25, 0.3) is 11.3 Å². The van der Waals surface area contributed by atoms with Gasteiger partial charge < -0.3 is 25.8 Å². The fraction of sp³-hybridized carbons (Fsp3) is 0.345. The number of benzene rings is 2. The summed E-state index contributed by atoms with van der Waals surface area (Å²) < 4.78 is 13.8. The van der Waals surface area contributed by atoms with Crippen molar-refractivity contribution in [2.45, 2.75) is 40.3 Å². The van der Waals surface area contributed by atoms with Gasteiger partial charge >= 0.3 is 0 Å². The number of aromatic nitrogens is 4. The number of nitrogens with zero attached hydrogens (tertiary/aromatic N) is 5. The van der Waals surface area contributed by atoms with Crippen LogP contribution >= 0.6 is 23.4 Å². The number of hydrogen-bond acceptors (Lipinski definition) is 9. The zero-order valence-electron chi connectivity index (χ0n) is 22.1. The highest BCUT2D eigenvalue weighted by molar-refractivity contribution is 7.99. The van der Waals surface area contributed by atoms with Gasteiger partial charge in [-0.1, -0.05) is 53.7 Å². The maximum atomic E-state index is 6.84. The van der Waals surface area contributed by atoms with Gasteiger partial charge in [-0.25, -0.2) is 9.97 Å². The first kappa shape index (κ1) is 25.6. The predicted molar refractivity (Wildman–Crippen MR) is 156 cm³/mol. The summed E-state index contributed by atoms with van der Waals surface area (Å²) in [4.78, 5) is 13.1. The standard InChI is InChI=1S/C29H30ClN7O2S/c1-36-12-9-20(35-36)18-6-4-8-22(23(18)30)40-28-26(32)34-27(24(33-28)17-15-38-16-17)37-13-10-29(11-14-37)25(31)19-5-2-3-7-21(19)39-29/h2-9,12,17,25H,10-11,13-16,31H2,1H3,(H2,32,34)/t25-/m1/s1. The molecule has 5 heterocycles. The number of ether oxygens (including phenoxy) is 2. The van der Waals surface area contributed by atoms with E-state index in [9.17, 15) is 0 Å². The molecule has 0 saturated carbocycles. The molecule has 2 aromatic heterocycles. The lowest BCUT2D eigenvalue weighted by Gasteiger charge is -2.42. The molecule has 0 radical (unpaired) electrons. The summed E-state index contributed by atoms with van der Waals surface area (Å²) in [6.07, 6.45) is 3.48. The number of fused-ring (bicyclic) bond motifs is 1. The predicted octanol–water partition coefficient (Wildman–Crippen LogP) is 4.81. The number of halogens is 1. The number of nitrogens with two attached hydrogens (primary N) is 2. The average molecular weight is 576 g/mol. The second-order valence-electron chi connectivity index (χ2n) is 10.6. The van der Waals surface area contributed by atoms with Gasteiger partial charge in [-0.2, -0.15) is 5.10 Å². The van der Waals surface area contributed by atoms with Crippen LogP contribution in [0.5, 0.6) is 5.75 Å². The number of hydrogen-bond donors (Lipinski definition) is 2. The summed E-state index contributed by atoms with van der Waals surface area (Å²) in [6.45, 7) is 2.74. The van der Waals surface area contributed by atoms with Crippen LogP contribution in [0, 0.1) is 0 Å². The molecule has 3 aliphatic rings. The van der Waals surface area contributed by atoms with Crippen LogP contribution in [0.4, 0.5) is 11.6 Å². The Morgan fingerprint density at radius 3 is 2.55 bits per heavy atom. The smallest absolute Gasteiger partial charge is 0.158 e. The minimum Gasteiger partial charge on any atom is -0.485 e. The van der Waals surface area contributed by atoms with Gasteiger partial charge in [0.2, 0.25) is 0 Å². The molecule has 0 amide bonds. The molecule has 0 bridgehead atoms. The molecule has 40 heavy (non-hydrogen) atoms. The first-order chi connectivity index (χ1) is 19.4. The molecule has 0 unspecified atom stereocenters. The number of piperidine rings is 1. The molecule has 4 N–H and O–H groups in total. The molecular weight excluding hydrogens is 546 g/mol. The normalized spacial score (nSPS) is 19.9. The second-order valence-corrected chi connectivity index (χ2v) is 12.0. The van der Waals surface area contributed by atoms with Gasteiger partial charge in [0.1, 0.15) is 16.4 Å². The van der Waals surface area contributed by atoms with E-state index in [0.29, 0.717) is 29.1 Å². The van der Waals surface area contributed by atoms with E-state index in [1.54, 1.807) is 4.68 Å². The molecule has 9 nitrogen and oxygen atoms in total. The molecule has 11 heteroatoms. The summed E-state index contributed by atoms with van der Waals surface area (Å²) in [5.41, 5.74) is 16.5. The van der Waals surface area contributed by atoms with Gasteiger partial charge in [0.05, 0.1) is 41.6 Å². The molecule has 206 valence electrons. The van der Waals surface area contributed by atoms with Crippen molar-refractivity contribution in [3.63, 3.8) is 0 Å². The lowest BCUT2D eigenvalue weighted by molar-refractivity contribution is 0.00632. The highest BCUT2D eigenvalue weighted by Crippen LogP contribution is 2.48. The summed E-state index contributed by atoms with van der Waals surface area (Å²) in [6, 6.07) is 15.8. The van der Waals surface area contributed by atoms with Crippen molar-refractivity contribution >= 4 is 35.0 Å². The summed E-state index contributed by atoms with van der Waals surface area (Å²) >= 11 is 8.27. The summed E-state index contributed by atoms with van der Waals surface area (Å²) in [5.74, 6) is 2.27. The van der Waals surface area contributed by atoms with Crippen molar-refractivity contribution in [1.82, 2.24) is 19.7 Å². The number of rotatable bonds is 5. The Labute approximate surface area is 241 Å². The number of nitrogen functional groups attached to an aromatic ring is 1. The van der Waals surface area contributed by atoms with Crippen LogP contribution in [0.15, 0.2) is 64.6 Å². The van der Waals surface area contributed by atoms with E-state index in [0.717, 1.165) is 64.9 Å². The van der Waals surface area contributed by atoms with Gasteiger partial charge in [-0.05, 0) is 18.2 Å². The third kappa shape index (κ3) is 4.30. The lowest BCUT2D eigenvalue weighted by Crippen LogP contribution is -2.52. The Morgan fingerprint density at radius 1 is 1.05 bits per heavy atom. The SMILES string of the molecule is Cn1ccc(-c2cccc(Sc3nc(C4COC4)c(N4CCC5(CC4)Oc4ccccc4[C@H]5N)nc3N)c2Cl)n1. The fourth-order valence-electron chi connectivity index (χ4n) is 5.77. The highest BCUT2D eigenvalue weighted by atomic mass is 35.5. The average Bonchev–Trinajstić information content (AvgIpc) is 3.47. The third-order valence-electron chi connectivity index (χ3n) is 8.12. The molecule has 2 aromatic carbocycles. The monoisotopic (exact) mass is 575 g/mol. The van der Waals surface area contributed by atoms with Crippen LogP contribution in [0.3, 0.4) is 0 Å². The molecule has 2 fully saturated rings. The Kier molecular flexibility index (Phi) is 6.38. The van der Waals surface area contributed by atoms with Crippen molar-refractivity contribution in [3.05, 3.63) is 71.0 Å². The number of para-hydroxylation sites is 1. The van der Waals surface area contributed by atoms with E-state index in [1.165, 1.54) is 11.8 Å². The van der Waals surface area contributed by atoms with Crippen LogP contribution in [-0.2, 0) is 11.8 Å². The third-order valence-corrected chi connectivity index (χ3v) is 9.70. The van der Waals surface area contributed by atoms with Crippen molar-refractivity contribution in [1.29, 1.82) is 0 Å². The second kappa shape index (κ2) is 9.95. The van der Waals surface area contributed by atoms with Crippen molar-refractivity contribution in [2.24, 2.45) is 12.8 Å². The molecule has 7 rings (SSSR count). The molecule has 3 aliphatic heterocycles. The summed E-state index contributed by atoms with van der Waals surface area (Å²) in [5, 5.41) is 5.75. The Balaban J connectivity index is 1.16. The van der Waals surface area contributed by atoms with Crippen molar-refractivity contribution < 1.29 is 9.47 Å². The van der Waals surface area contributed by atoms with Crippen LogP contribution in [-0.4, -0.2) is 51.7 Å². The Morgan fingerprint density at radius 2 is 1.85 bits per heavy atom. The van der Waals surface area contributed by atoms with Gasteiger partial charge in [-0.3, -0.25) is 4.68 Å². The number of anilines is 2. The largest absolute Gasteiger partial charge is 0.485 e. The van der Waals surface area contributed by atoms with Gasteiger partial charge in [0, 0.05) is 55.2 Å². The lowest BCUT2D eigenvalue weighted by atomic mass is 9.83. The van der Waals surface area contributed by atoms with Gasteiger partial charge in [0.15, 0.2) is 11.6 Å². The van der Waals surface area contributed by atoms with E-state index in [1.807, 2.05) is 55.7 Å². The maximum Gasteiger partial charge on any atom is 0.158 e. The fourth-order valence-corrected chi connectivity index (χ4v) is 6.95. The van der Waals surface area contributed by atoms with Gasteiger partial charge in [0.25, 0.3) is 0 Å². The van der Waals surface area contributed by atoms with E-state index < -0.39 is 5.60 Å². The van der Waals surface area contributed by atoms with Crippen LogP contribution < -0.4 is 21.1 Å². The van der Waals surface area contributed by atoms with Crippen molar-refractivity contribution in [3.8, 4) is 17.0 Å². The van der Waals surface area contributed by atoms with Crippen LogP contribution in [0.1, 0.15) is 36.1 Å². The highest BCUT2D eigenvalue weighted by Gasteiger charge is 2.48. The van der Waals surface area contributed by atoms with Crippen LogP contribution in [0.2, 0.25) is 5.02 Å². The summed E-state index contributed by atoms with van der Waals surface area (Å²) in [7, 11) is 1.88. The van der Waals surface area contributed by atoms with Crippen molar-refractivity contribution in [2.75, 3.05) is 36.9 Å². The molecular formula is C29H30ClN7O2S. The van der Waals surface area contributed by atoms with E-state index >= 15 is 0 Å². The van der Waals surface area contributed by atoms with E-state index in [4.69, 9.17) is 42.5 Å². The Bertz CT molecular complexity index is 1580. The Hall–Kier alpha value is -3.31. The maximum absolute atomic E-state index is 6.84. The molecule has 1 spiro atoms. The van der Waals surface area contributed by atoms with E-state index in [-0.39, 0.29) is 12.0 Å². The topological polar surface area (TPSA) is 117 Å². The zero-order chi connectivity index (χ0) is 27.4. The number of aryl methyl sites for hydroxylation is 1. The minimum atomic E-state index is -0.399. The molecule has 2 saturated heterocycles. The minimum absolute atomic E-state index is 0.146. The first-order valence-corrected chi connectivity index (χ1v) is 14.6. The zero-order valence-corrected chi connectivity index (χ0v) is 23.7. The van der Waals surface area contributed by atoms with E-state index in [2.05, 4.69) is 16.1 Å². The quantitative estimate of drug-likeness (QED) is 0.346. The first-order valence-electron chi connectivity index (χ1n) is 13.4. The van der Waals surface area contributed by atoms with Gasteiger partial charge in [-0.15, -0.1) is 0 Å².